The molecule has 0 aliphatic carbocycles. The largest absolute Gasteiger partial charge is 0.509 e. The number of carbonyl (C=O) groups excluding carboxylic acids is 1. The third-order valence-electron chi connectivity index (χ3n) is 1.07. The van der Waals surface area contributed by atoms with Crippen molar-refractivity contribution in [3.63, 3.8) is 0 Å². The first-order valence-electron chi connectivity index (χ1n) is 3.24. The Bertz CT molecular complexity index is 105. The van der Waals surface area contributed by atoms with Gasteiger partial charge >= 0.3 is 6.16 Å². The number of nitrogens with two attached hydrogens (primary N) is 1. The molecule has 0 aliphatic rings. The summed E-state index contributed by atoms with van der Waals surface area (Å²) in [6, 6.07) is 0. The van der Waals surface area contributed by atoms with Crippen LogP contribution in [0.4, 0.5) is 4.79 Å². The Labute approximate surface area is 60.3 Å². The summed E-state index contributed by atoms with van der Waals surface area (Å²) in [7, 11) is 0. The van der Waals surface area contributed by atoms with Crippen LogP contribution in [0.3, 0.4) is 0 Å². The van der Waals surface area contributed by atoms with E-state index >= 15 is 0 Å². The quantitative estimate of drug-likeness (QED) is 0.475. The predicted molar refractivity (Wildman–Crippen MR) is 36.4 cm³/mol. The molecular weight excluding hydrogens is 134 g/mol. The summed E-state index contributed by atoms with van der Waals surface area (Å²) < 4.78 is 9.03. The van der Waals surface area contributed by atoms with Crippen LogP contribution in [0.15, 0.2) is 0 Å². The van der Waals surface area contributed by atoms with Crippen LogP contribution in [-0.4, -0.2) is 19.0 Å². The van der Waals surface area contributed by atoms with E-state index in [0.717, 1.165) is 6.42 Å². The van der Waals surface area contributed by atoms with Crippen LogP contribution in [0.1, 0.15) is 20.3 Å². The number of carbonyl (C=O) groups is 1. The highest BCUT2D eigenvalue weighted by Gasteiger charge is 2.06. The number of ether oxygens (including phenoxy) is 2. The van der Waals surface area contributed by atoms with Crippen molar-refractivity contribution in [2.24, 2.45) is 5.73 Å². The summed E-state index contributed by atoms with van der Waals surface area (Å²) in [5.74, 6) is 0. The molecule has 4 heteroatoms. The SMILES string of the molecule is CCC(C)OC(=O)OCN. The van der Waals surface area contributed by atoms with Crippen LogP contribution in [-0.2, 0) is 9.47 Å². The van der Waals surface area contributed by atoms with Gasteiger partial charge in [-0.1, -0.05) is 6.92 Å². The monoisotopic (exact) mass is 147 g/mol. The molecule has 0 rings (SSSR count). The van der Waals surface area contributed by atoms with Crippen molar-refractivity contribution in [1.29, 1.82) is 0 Å². The van der Waals surface area contributed by atoms with Crippen molar-refractivity contribution in [2.45, 2.75) is 26.4 Å². The highest BCUT2D eigenvalue weighted by molar-refractivity contribution is 5.59. The van der Waals surface area contributed by atoms with Gasteiger partial charge in [0.05, 0.1) is 0 Å². The summed E-state index contributed by atoms with van der Waals surface area (Å²) in [4.78, 5) is 10.5. The third kappa shape index (κ3) is 4.14. The zero-order valence-electron chi connectivity index (χ0n) is 6.29. The summed E-state index contributed by atoms with van der Waals surface area (Å²) in [6.45, 7) is 3.58. The molecule has 0 radical (unpaired) electrons. The molecule has 2 N–H and O–H groups in total. The van der Waals surface area contributed by atoms with Crippen LogP contribution in [0.5, 0.6) is 0 Å². The van der Waals surface area contributed by atoms with Gasteiger partial charge in [-0.2, -0.15) is 0 Å². The maximum absolute atomic E-state index is 10.5. The average molecular weight is 147 g/mol. The van der Waals surface area contributed by atoms with E-state index in [1.54, 1.807) is 6.92 Å². The summed E-state index contributed by atoms with van der Waals surface area (Å²) in [5.41, 5.74) is 4.92. The van der Waals surface area contributed by atoms with Crippen LogP contribution in [0.25, 0.3) is 0 Å². The Morgan fingerprint density at radius 1 is 1.70 bits per heavy atom. The molecule has 60 valence electrons. The maximum Gasteiger partial charge on any atom is 0.509 e. The third-order valence-corrected chi connectivity index (χ3v) is 1.07. The van der Waals surface area contributed by atoms with Crippen LogP contribution >= 0.6 is 0 Å². The Kier molecular flexibility index (Phi) is 4.66. The van der Waals surface area contributed by atoms with Gasteiger partial charge in [0.1, 0.15) is 12.8 Å². The first kappa shape index (κ1) is 9.23. The molecule has 1 unspecified atom stereocenters. The number of hydrogen-bond donors (Lipinski definition) is 1. The van der Waals surface area contributed by atoms with Crippen molar-refractivity contribution in [3.8, 4) is 0 Å². The molecule has 0 bridgehead atoms. The van der Waals surface area contributed by atoms with E-state index in [1.807, 2.05) is 6.92 Å². The lowest BCUT2D eigenvalue weighted by Crippen LogP contribution is -2.18. The molecule has 4 nitrogen and oxygen atoms in total. The van der Waals surface area contributed by atoms with Gasteiger partial charge in [-0.05, 0) is 13.3 Å². The first-order chi connectivity index (χ1) is 4.70. The molecule has 0 spiro atoms. The standard InChI is InChI=1S/C6H13NO3/c1-3-5(2)10-6(8)9-4-7/h5H,3-4,7H2,1-2H3. The Morgan fingerprint density at radius 3 is 2.70 bits per heavy atom. The van der Waals surface area contributed by atoms with Gasteiger partial charge in [0, 0.05) is 0 Å². The van der Waals surface area contributed by atoms with E-state index in [0.29, 0.717) is 0 Å². The molecule has 0 aromatic carbocycles. The van der Waals surface area contributed by atoms with E-state index in [4.69, 9.17) is 10.5 Å². The van der Waals surface area contributed by atoms with Crippen molar-refractivity contribution >= 4 is 6.16 Å². The number of hydrogen-bond acceptors (Lipinski definition) is 4. The molecule has 0 fully saturated rings. The zero-order valence-corrected chi connectivity index (χ0v) is 6.29. The maximum atomic E-state index is 10.5. The minimum absolute atomic E-state index is 0.0981. The first-order valence-corrected chi connectivity index (χ1v) is 3.24. The van der Waals surface area contributed by atoms with Gasteiger partial charge in [0.25, 0.3) is 0 Å². The topological polar surface area (TPSA) is 61.5 Å². The lowest BCUT2D eigenvalue weighted by Gasteiger charge is -2.08. The Hall–Kier alpha value is -0.770. The fourth-order valence-corrected chi connectivity index (χ4v) is 0.350. The van der Waals surface area contributed by atoms with Gasteiger partial charge in [-0.25, -0.2) is 4.79 Å². The molecule has 10 heavy (non-hydrogen) atoms. The molecule has 0 aromatic heterocycles. The number of rotatable bonds is 3. The predicted octanol–water partition coefficient (Wildman–Crippen LogP) is 0.854. The minimum atomic E-state index is -0.697. The smallest absolute Gasteiger partial charge is 0.431 e. The minimum Gasteiger partial charge on any atom is -0.431 e. The Balaban J connectivity index is 3.37. The fourth-order valence-electron chi connectivity index (χ4n) is 0.350. The normalized spacial score (nSPS) is 12.3. The van der Waals surface area contributed by atoms with Crippen molar-refractivity contribution < 1.29 is 14.3 Å². The second-order valence-electron chi connectivity index (χ2n) is 1.90. The van der Waals surface area contributed by atoms with Crippen LogP contribution < -0.4 is 5.73 Å². The molecular formula is C6H13NO3. The van der Waals surface area contributed by atoms with E-state index in [-0.39, 0.29) is 12.8 Å². The van der Waals surface area contributed by atoms with Crippen molar-refractivity contribution in [2.75, 3.05) is 6.73 Å². The van der Waals surface area contributed by atoms with Gasteiger partial charge < -0.3 is 9.47 Å². The molecule has 1 atom stereocenters. The van der Waals surface area contributed by atoms with Gasteiger partial charge in [-0.15, -0.1) is 0 Å². The zero-order chi connectivity index (χ0) is 7.98. The molecule has 0 saturated heterocycles. The summed E-state index contributed by atoms with van der Waals surface area (Å²) >= 11 is 0. The second kappa shape index (κ2) is 5.05. The van der Waals surface area contributed by atoms with Crippen molar-refractivity contribution in [1.82, 2.24) is 0 Å². The van der Waals surface area contributed by atoms with Crippen LogP contribution in [0, 0.1) is 0 Å². The lowest BCUT2D eigenvalue weighted by molar-refractivity contribution is 0.0296. The lowest BCUT2D eigenvalue weighted by atomic mass is 10.3. The highest BCUT2D eigenvalue weighted by atomic mass is 16.7. The summed E-state index contributed by atoms with van der Waals surface area (Å²) in [5, 5.41) is 0. The average Bonchev–Trinajstić information content (AvgIpc) is 1.88. The van der Waals surface area contributed by atoms with Crippen LogP contribution in [0.2, 0.25) is 0 Å². The molecule has 0 saturated carbocycles. The molecule has 0 amide bonds. The van der Waals surface area contributed by atoms with E-state index < -0.39 is 6.16 Å². The Morgan fingerprint density at radius 2 is 2.30 bits per heavy atom. The van der Waals surface area contributed by atoms with E-state index in [1.165, 1.54) is 0 Å². The summed E-state index contributed by atoms with van der Waals surface area (Å²) in [6.07, 6.45) is -0.0180. The van der Waals surface area contributed by atoms with E-state index in [2.05, 4.69) is 4.74 Å². The van der Waals surface area contributed by atoms with Crippen molar-refractivity contribution in [3.05, 3.63) is 0 Å². The molecule has 0 heterocycles. The fraction of sp³-hybridized carbons (Fsp3) is 0.833. The molecule has 0 aromatic rings. The van der Waals surface area contributed by atoms with Gasteiger partial charge in [0.2, 0.25) is 0 Å². The van der Waals surface area contributed by atoms with Gasteiger partial charge in [0.15, 0.2) is 0 Å². The highest BCUT2D eigenvalue weighted by Crippen LogP contribution is 1.97. The van der Waals surface area contributed by atoms with E-state index in [9.17, 15) is 4.79 Å². The second-order valence-corrected chi connectivity index (χ2v) is 1.90. The van der Waals surface area contributed by atoms with Gasteiger partial charge in [-0.3, -0.25) is 5.73 Å². The molecule has 0 aliphatic heterocycles.